The van der Waals surface area contributed by atoms with E-state index in [1.165, 1.54) is 13.3 Å². The van der Waals surface area contributed by atoms with Crippen molar-refractivity contribution in [2.75, 3.05) is 13.9 Å². The number of benzene rings is 2. The number of halogens is 1. The molecule has 0 spiro atoms. The van der Waals surface area contributed by atoms with E-state index in [-0.39, 0.29) is 12.7 Å². The van der Waals surface area contributed by atoms with E-state index in [0.717, 1.165) is 15.6 Å². The standard InChI is InChI=1S/C17H15BrN2O4/c1-22-16(11-5-3-2-4-6-11)17(21)20-19-9-12-7-14-15(8-13(12)18)24-10-23-14/h2-9,16H,10H2,1H3,(H,20,21)/b19-9-. The Bertz CT molecular complexity index is 765. The lowest BCUT2D eigenvalue weighted by Crippen LogP contribution is -2.26. The van der Waals surface area contributed by atoms with Crippen molar-refractivity contribution in [1.82, 2.24) is 5.43 Å². The van der Waals surface area contributed by atoms with Gasteiger partial charge in [-0.1, -0.05) is 30.3 Å². The molecule has 0 fully saturated rings. The molecule has 1 atom stereocenters. The number of nitrogens with zero attached hydrogens (tertiary/aromatic N) is 1. The van der Waals surface area contributed by atoms with Crippen LogP contribution >= 0.6 is 15.9 Å². The Morgan fingerprint density at radius 2 is 2.00 bits per heavy atom. The van der Waals surface area contributed by atoms with Gasteiger partial charge in [0.1, 0.15) is 0 Å². The number of hydrazone groups is 1. The zero-order valence-corrected chi connectivity index (χ0v) is 14.4. The fraction of sp³-hybridized carbons (Fsp3) is 0.176. The zero-order chi connectivity index (χ0) is 16.9. The van der Waals surface area contributed by atoms with Crippen molar-refractivity contribution in [2.24, 2.45) is 5.10 Å². The van der Waals surface area contributed by atoms with Crippen molar-refractivity contribution >= 4 is 28.1 Å². The fourth-order valence-electron chi connectivity index (χ4n) is 2.28. The summed E-state index contributed by atoms with van der Waals surface area (Å²) < 4.78 is 16.7. The minimum atomic E-state index is -0.719. The summed E-state index contributed by atoms with van der Waals surface area (Å²) in [7, 11) is 1.48. The van der Waals surface area contributed by atoms with Gasteiger partial charge in [0, 0.05) is 17.1 Å². The van der Waals surface area contributed by atoms with E-state index in [9.17, 15) is 4.79 Å². The van der Waals surface area contributed by atoms with E-state index in [0.29, 0.717) is 11.5 Å². The largest absolute Gasteiger partial charge is 0.454 e. The molecule has 1 amide bonds. The lowest BCUT2D eigenvalue weighted by atomic mass is 10.1. The van der Waals surface area contributed by atoms with Crippen LogP contribution in [-0.2, 0) is 9.53 Å². The van der Waals surface area contributed by atoms with Crippen molar-refractivity contribution in [3.05, 3.63) is 58.1 Å². The Morgan fingerprint density at radius 3 is 2.71 bits per heavy atom. The normalized spacial score (nSPS) is 13.9. The predicted molar refractivity (Wildman–Crippen MR) is 92.2 cm³/mol. The minimum Gasteiger partial charge on any atom is -0.454 e. The van der Waals surface area contributed by atoms with Crippen LogP contribution in [0.1, 0.15) is 17.2 Å². The van der Waals surface area contributed by atoms with Crippen LogP contribution < -0.4 is 14.9 Å². The number of rotatable bonds is 5. The van der Waals surface area contributed by atoms with Crippen LogP contribution in [0.2, 0.25) is 0 Å². The lowest BCUT2D eigenvalue weighted by Gasteiger charge is -2.13. The lowest BCUT2D eigenvalue weighted by molar-refractivity contribution is -0.131. The Kier molecular flexibility index (Phi) is 5.12. The van der Waals surface area contributed by atoms with E-state index in [1.54, 1.807) is 12.1 Å². The van der Waals surface area contributed by atoms with Crippen LogP contribution in [0.5, 0.6) is 11.5 Å². The molecule has 1 aliphatic heterocycles. The minimum absolute atomic E-state index is 0.200. The highest BCUT2D eigenvalue weighted by Crippen LogP contribution is 2.36. The van der Waals surface area contributed by atoms with E-state index in [2.05, 4.69) is 26.5 Å². The van der Waals surface area contributed by atoms with Crippen LogP contribution in [0.4, 0.5) is 0 Å². The van der Waals surface area contributed by atoms with Gasteiger partial charge in [0.05, 0.1) is 6.21 Å². The molecule has 2 aromatic rings. The predicted octanol–water partition coefficient (Wildman–Crippen LogP) is 3.02. The monoisotopic (exact) mass is 390 g/mol. The van der Waals surface area contributed by atoms with Crippen LogP contribution in [0.25, 0.3) is 0 Å². The molecule has 1 aliphatic rings. The second kappa shape index (κ2) is 7.46. The third-order valence-electron chi connectivity index (χ3n) is 3.45. The average molecular weight is 391 g/mol. The number of carbonyl (C=O) groups excluding carboxylic acids is 1. The molecular weight excluding hydrogens is 376 g/mol. The van der Waals surface area contributed by atoms with Crippen molar-refractivity contribution in [1.29, 1.82) is 0 Å². The Balaban J connectivity index is 1.69. The Hall–Kier alpha value is -2.38. The summed E-state index contributed by atoms with van der Waals surface area (Å²) in [5.74, 6) is 0.966. The Morgan fingerprint density at radius 1 is 1.29 bits per heavy atom. The second-order valence-corrected chi connectivity index (χ2v) is 5.84. The number of hydrogen-bond donors (Lipinski definition) is 1. The van der Waals surface area contributed by atoms with Gasteiger partial charge in [0.25, 0.3) is 5.91 Å². The summed E-state index contributed by atoms with van der Waals surface area (Å²) >= 11 is 3.43. The molecule has 1 heterocycles. The van der Waals surface area contributed by atoms with Gasteiger partial charge in [-0.05, 0) is 33.6 Å². The maximum atomic E-state index is 12.2. The summed E-state index contributed by atoms with van der Waals surface area (Å²) in [5, 5.41) is 3.99. The first kappa shape index (κ1) is 16.5. The molecule has 0 bridgehead atoms. The molecule has 0 saturated heterocycles. The maximum absolute atomic E-state index is 12.2. The molecule has 1 N–H and O–H groups in total. The summed E-state index contributed by atoms with van der Waals surface area (Å²) in [6.45, 7) is 0.200. The van der Waals surface area contributed by atoms with Gasteiger partial charge in [-0.15, -0.1) is 0 Å². The topological polar surface area (TPSA) is 69.2 Å². The molecule has 3 rings (SSSR count). The summed E-state index contributed by atoms with van der Waals surface area (Å²) in [4.78, 5) is 12.2. The molecule has 124 valence electrons. The van der Waals surface area contributed by atoms with Crippen LogP contribution in [0.15, 0.2) is 52.0 Å². The number of amides is 1. The number of fused-ring (bicyclic) bond motifs is 1. The quantitative estimate of drug-likeness (QED) is 0.629. The first-order chi connectivity index (χ1) is 11.7. The summed E-state index contributed by atoms with van der Waals surface area (Å²) in [6, 6.07) is 12.8. The molecular formula is C17H15BrN2O4. The SMILES string of the molecule is COC(C(=O)N/N=C\c1cc2c(cc1Br)OCO2)c1ccccc1. The van der Waals surface area contributed by atoms with Gasteiger partial charge in [0.15, 0.2) is 17.6 Å². The number of nitrogens with one attached hydrogen (secondary N) is 1. The highest BCUT2D eigenvalue weighted by atomic mass is 79.9. The highest BCUT2D eigenvalue weighted by Gasteiger charge is 2.19. The van der Waals surface area contributed by atoms with Crippen molar-refractivity contribution in [2.45, 2.75) is 6.10 Å². The number of ether oxygens (including phenoxy) is 3. The van der Waals surface area contributed by atoms with Gasteiger partial charge in [0.2, 0.25) is 6.79 Å². The van der Waals surface area contributed by atoms with Crippen molar-refractivity contribution in [3.63, 3.8) is 0 Å². The average Bonchev–Trinajstić information content (AvgIpc) is 3.04. The molecule has 2 aromatic carbocycles. The second-order valence-electron chi connectivity index (χ2n) is 4.99. The van der Waals surface area contributed by atoms with Crippen LogP contribution in [-0.4, -0.2) is 26.0 Å². The van der Waals surface area contributed by atoms with E-state index in [1.807, 2.05) is 30.3 Å². The first-order valence-electron chi connectivity index (χ1n) is 7.19. The van der Waals surface area contributed by atoms with Crippen molar-refractivity contribution < 1.29 is 19.0 Å². The van der Waals surface area contributed by atoms with Gasteiger partial charge < -0.3 is 14.2 Å². The van der Waals surface area contributed by atoms with E-state index >= 15 is 0 Å². The van der Waals surface area contributed by atoms with Gasteiger partial charge >= 0.3 is 0 Å². The molecule has 0 radical (unpaired) electrons. The van der Waals surface area contributed by atoms with E-state index in [4.69, 9.17) is 14.2 Å². The third kappa shape index (κ3) is 3.58. The summed E-state index contributed by atoms with van der Waals surface area (Å²) in [5.41, 5.74) is 4.01. The number of methoxy groups -OCH3 is 1. The Labute approximate surface area is 147 Å². The van der Waals surface area contributed by atoms with Crippen LogP contribution in [0, 0.1) is 0 Å². The van der Waals surface area contributed by atoms with Gasteiger partial charge in [-0.3, -0.25) is 4.79 Å². The molecule has 0 aromatic heterocycles. The molecule has 6 nitrogen and oxygen atoms in total. The zero-order valence-electron chi connectivity index (χ0n) is 12.9. The smallest absolute Gasteiger partial charge is 0.273 e. The molecule has 7 heteroatoms. The summed E-state index contributed by atoms with van der Waals surface area (Å²) in [6.07, 6.45) is 0.810. The van der Waals surface area contributed by atoms with E-state index < -0.39 is 6.10 Å². The molecule has 24 heavy (non-hydrogen) atoms. The molecule has 1 unspecified atom stereocenters. The van der Waals surface area contributed by atoms with Crippen LogP contribution in [0.3, 0.4) is 0 Å². The van der Waals surface area contributed by atoms with Crippen molar-refractivity contribution in [3.8, 4) is 11.5 Å². The number of hydrogen-bond acceptors (Lipinski definition) is 5. The highest BCUT2D eigenvalue weighted by molar-refractivity contribution is 9.10. The molecule has 0 saturated carbocycles. The fourth-order valence-corrected chi connectivity index (χ4v) is 2.70. The van der Waals surface area contributed by atoms with Gasteiger partial charge in [-0.2, -0.15) is 5.10 Å². The maximum Gasteiger partial charge on any atom is 0.273 e. The number of carbonyl (C=O) groups is 1. The third-order valence-corrected chi connectivity index (χ3v) is 4.13. The molecule has 0 aliphatic carbocycles. The first-order valence-corrected chi connectivity index (χ1v) is 7.98. The van der Waals surface area contributed by atoms with Gasteiger partial charge in [-0.25, -0.2) is 5.43 Å².